The summed E-state index contributed by atoms with van der Waals surface area (Å²) in [5, 5.41) is 0. The summed E-state index contributed by atoms with van der Waals surface area (Å²) in [5.41, 5.74) is 0.217. The lowest BCUT2D eigenvalue weighted by molar-refractivity contribution is -0.118. The van der Waals surface area contributed by atoms with Gasteiger partial charge >= 0.3 is 0 Å². The summed E-state index contributed by atoms with van der Waals surface area (Å²) in [6, 6.07) is 3.51. The second kappa shape index (κ2) is 7.31. The van der Waals surface area contributed by atoms with Crippen LogP contribution in [0.3, 0.4) is 0 Å². The Bertz CT molecular complexity index is 972. The van der Waals surface area contributed by atoms with Gasteiger partial charge in [-0.15, -0.1) is 0 Å². The van der Waals surface area contributed by atoms with E-state index >= 15 is 0 Å². The molecule has 1 saturated heterocycles. The lowest BCUT2D eigenvalue weighted by atomic mass is 10.1. The molecule has 0 spiro atoms. The fourth-order valence-electron chi connectivity index (χ4n) is 3.77. The Hall–Kier alpha value is -2.81. The van der Waals surface area contributed by atoms with Crippen LogP contribution in [-0.2, 0) is 22.4 Å². The quantitative estimate of drug-likeness (QED) is 0.857. The van der Waals surface area contributed by atoms with E-state index in [9.17, 15) is 18.4 Å². The second-order valence-corrected chi connectivity index (χ2v) is 7.00. The highest BCUT2D eigenvalue weighted by molar-refractivity contribution is 5.97. The maximum absolute atomic E-state index is 14.1. The Labute approximate surface area is 159 Å². The number of aromatic amines is 1. The van der Waals surface area contributed by atoms with Crippen molar-refractivity contribution < 1.29 is 18.3 Å². The zero-order valence-corrected chi connectivity index (χ0v) is 15.4. The molecule has 0 bridgehead atoms. The molecule has 4 rings (SSSR count). The summed E-state index contributed by atoms with van der Waals surface area (Å²) in [4.78, 5) is 35.3. The number of nitrogens with zero attached hydrogens (tertiary/aromatic N) is 3. The Morgan fingerprint density at radius 3 is 2.82 bits per heavy atom. The molecule has 1 aromatic heterocycles. The van der Waals surface area contributed by atoms with Crippen molar-refractivity contribution in [2.45, 2.75) is 25.8 Å². The molecule has 2 aliphatic heterocycles. The Morgan fingerprint density at radius 1 is 1.32 bits per heavy atom. The van der Waals surface area contributed by atoms with Crippen LogP contribution in [0.2, 0.25) is 0 Å². The summed E-state index contributed by atoms with van der Waals surface area (Å²) in [6.07, 6.45) is 0.0959. The first-order valence-electron chi connectivity index (χ1n) is 9.16. The topological polar surface area (TPSA) is 78.5 Å². The summed E-state index contributed by atoms with van der Waals surface area (Å²) in [7, 11) is 0. The Morgan fingerprint density at radius 2 is 2.07 bits per heavy atom. The van der Waals surface area contributed by atoms with Gasteiger partial charge in [0, 0.05) is 30.8 Å². The van der Waals surface area contributed by atoms with Gasteiger partial charge in [-0.25, -0.2) is 13.8 Å². The van der Waals surface area contributed by atoms with Crippen molar-refractivity contribution in [1.29, 1.82) is 0 Å². The number of halogens is 2. The highest BCUT2D eigenvalue weighted by Gasteiger charge is 2.34. The van der Waals surface area contributed by atoms with Crippen molar-refractivity contribution in [1.82, 2.24) is 9.97 Å². The minimum atomic E-state index is -0.926. The van der Waals surface area contributed by atoms with Crippen LogP contribution in [0.25, 0.3) is 0 Å². The van der Waals surface area contributed by atoms with Crippen LogP contribution < -0.4 is 15.4 Å². The number of carbonyl (C=O) groups is 1. The lowest BCUT2D eigenvalue weighted by Gasteiger charge is -2.28. The molecule has 1 amide bonds. The molecule has 9 heteroatoms. The van der Waals surface area contributed by atoms with Crippen LogP contribution in [0, 0.1) is 11.6 Å². The van der Waals surface area contributed by atoms with E-state index in [2.05, 4.69) is 9.97 Å². The van der Waals surface area contributed by atoms with E-state index in [-0.39, 0.29) is 41.7 Å². The molecule has 1 aromatic carbocycles. The van der Waals surface area contributed by atoms with Crippen LogP contribution in [0.15, 0.2) is 23.0 Å². The molecule has 3 heterocycles. The third-order valence-electron chi connectivity index (χ3n) is 5.07. The van der Waals surface area contributed by atoms with Crippen LogP contribution in [0.4, 0.5) is 20.3 Å². The molecule has 0 radical (unpaired) electrons. The third kappa shape index (κ3) is 3.37. The van der Waals surface area contributed by atoms with Crippen molar-refractivity contribution in [2.24, 2.45) is 0 Å². The number of amides is 1. The van der Waals surface area contributed by atoms with E-state index in [1.807, 2.05) is 4.90 Å². The number of hydrogen-bond acceptors (Lipinski definition) is 5. The number of ether oxygens (including phenoxy) is 1. The Kier molecular flexibility index (Phi) is 4.84. The predicted molar refractivity (Wildman–Crippen MR) is 98.6 cm³/mol. The number of anilines is 2. The fraction of sp³-hybridized carbons (Fsp3) is 0.421. The molecule has 1 N–H and O–H groups in total. The summed E-state index contributed by atoms with van der Waals surface area (Å²) in [6.45, 7) is 4.10. The average molecular weight is 390 g/mol. The SMILES string of the molecule is C[C@H]1Cc2c(ccc(F)c2F)N1C(=O)Cc1nc(N2CCOCC2)cc(=O)[nH]1. The largest absolute Gasteiger partial charge is 0.378 e. The molecular formula is C19H20F2N4O3. The second-order valence-electron chi connectivity index (χ2n) is 7.00. The summed E-state index contributed by atoms with van der Waals surface area (Å²) < 4.78 is 32.9. The lowest BCUT2D eigenvalue weighted by Crippen LogP contribution is -2.39. The molecule has 0 unspecified atom stereocenters. The normalized spacial score (nSPS) is 19.0. The number of aromatic nitrogens is 2. The molecule has 1 atom stereocenters. The van der Waals surface area contributed by atoms with Crippen molar-refractivity contribution in [3.63, 3.8) is 0 Å². The number of nitrogens with one attached hydrogen (secondary N) is 1. The Balaban J connectivity index is 1.59. The first-order chi connectivity index (χ1) is 13.4. The van der Waals surface area contributed by atoms with Crippen LogP contribution in [-0.4, -0.2) is 48.2 Å². The summed E-state index contributed by atoms with van der Waals surface area (Å²) in [5.74, 6) is -1.44. The van der Waals surface area contributed by atoms with Gasteiger partial charge in [-0.05, 0) is 25.5 Å². The predicted octanol–water partition coefficient (Wildman–Crippen LogP) is 1.41. The van der Waals surface area contributed by atoms with Crippen molar-refractivity contribution in [3.05, 3.63) is 51.6 Å². The third-order valence-corrected chi connectivity index (χ3v) is 5.07. The molecule has 0 aliphatic carbocycles. The van der Waals surface area contributed by atoms with Gasteiger partial charge in [-0.3, -0.25) is 9.59 Å². The van der Waals surface area contributed by atoms with E-state index in [1.165, 1.54) is 17.0 Å². The minimum absolute atomic E-state index is 0.143. The van der Waals surface area contributed by atoms with E-state index in [0.29, 0.717) is 37.8 Å². The molecule has 1 fully saturated rings. The van der Waals surface area contributed by atoms with Gasteiger partial charge in [-0.2, -0.15) is 0 Å². The molecule has 2 aromatic rings. The van der Waals surface area contributed by atoms with Gasteiger partial charge in [0.1, 0.15) is 11.6 Å². The van der Waals surface area contributed by atoms with Crippen LogP contribution in [0.1, 0.15) is 18.3 Å². The van der Waals surface area contributed by atoms with Crippen molar-refractivity contribution >= 4 is 17.4 Å². The molecule has 0 saturated carbocycles. The number of carbonyl (C=O) groups excluding carboxylic acids is 1. The maximum atomic E-state index is 14.1. The molecule has 7 nitrogen and oxygen atoms in total. The number of hydrogen-bond donors (Lipinski definition) is 1. The van der Waals surface area contributed by atoms with Crippen LogP contribution in [0.5, 0.6) is 0 Å². The summed E-state index contributed by atoms with van der Waals surface area (Å²) >= 11 is 0. The van der Waals surface area contributed by atoms with Gasteiger partial charge in [0.05, 0.1) is 25.3 Å². The van der Waals surface area contributed by atoms with Gasteiger partial charge in [0.25, 0.3) is 5.56 Å². The standard InChI is InChI=1S/C19H20F2N4O3/c1-11-8-12-14(3-2-13(20)19(12)21)25(11)18(27)9-15-22-16(10-17(26)23-15)24-4-6-28-7-5-24/h2-3,10-11H,4-9H2,1H3,(H,22,23,26)/t11-/m0/s1. The van der Waals surface area contributed by atoms with Gasteiger partial charge in [0.15, 0.2) is 11.6 Å². The van der Waals surface area contributed by atoms with Gasteiger partial charge in [0.2, 0.25) is 5.91 Å². The zero-order chi connectivity index (χ0) is 19.8. The minimum Gasteiger partial charge on any atom is -0.378 e. The monoisotopic (exact) mass is 390 g/mol. The molecular weight excluding hydrogens is 370 g/mol. The van der Waals surface area contributed by atoms with E-state index in [1.54, 1.807) is 6.92 Å². The maximum Gasteiger partial charge on any atom is 0.252 e. The van der Waals surface area contributed by atoms with Gasteiger partial charge < -0.3 is 19.5 Å². The van der Waals surface area contributed by atoms with E-state index in [0.717, 1.165) is 6.07 Å². The number of benzene rings is 1. The van der Waals surface area contributed by atoms with E-state index < -0.39 is 11.6 Å². The number of rotatable bonds is 3. The van der Waals surface area contributed by atoms with Crippen LogP contribution >= 0.6 is 0 Å². The highest BCUT2D eigenvalue weighted by atomic mass is 19.2. The molecule has 148 valence electrons. The van der Waals surface area contributed by atoms with Crippen molar-refractivity contribution in [3.8, 4) is 0 Å². The smallest absolute Gasteiger partial charge is 0.252 e. The van der Waals surface area contributed by atoms with E-state index in [4.69, 9.17) is 4.74 Å². The van der Waals surface area contributed by atoms with Gasteiger partial charge in [-0.1, -0.05) is 0 Å². The number of fused-ring (bicyclic) bond motifs is 1. The number of morpholine rings is 1. The first-order valence-corrected chi connectivity index (χ1v) is 9.16. The highest BCUT2D eigenvalue weighted by Crippen LogP contribution is 2.35. The average Bonchev–Trinajstić information content (AvgIpc) is 3.02. The number of H-pyrrole nitrogens is 1. The van der Waals surface area contributed by atoms with Crippen molar-refractivity contribution in [2.75, 3.05) is 36.1 Å². The zero-order valence-electron chi connectivity index (χ0n) is 15.4. The molecule has 28 heavy (non-hydrogen) atoms. The fourth-order valence-corrected chi connectivity index (χ4v) is 3.77. The molecule has 2 aliphatic rings. The first kappa shape index (κ1) is 18.5.